The summed E-state index contributed by atoms with van der Waals surface area (Å²) in [7, 11) is 0. The molecule has 0 bridgehead atoms. The fraction of sp³-hybridized carbons (Fsp3) is 0.455. The van der Waals surface area contributed by atoms with E-state index in [-0.39, 0.29) is 11.6 Å². The molecule has 3 rings (SSSR count). The fourth-order valence-corrected chi connectivity index (χ4v) is 4.13. The predicted octanol–water partition coefficient (Wildman–Crippen LogP) is 4.75. The smallest absolute Gasteiger partial charge is 0.406 e. The summed E-state index contributed by atoms with van der Waals surface area (Å²) in [4.78, 5) is 34.7. The van der Waals surface area contributed by atoms with Gasteiger partial charge in [-0.25, -0.2) is 18.7 Å². The van der Waals surface area contributed by atoms with Crippen molar-refractivity contribution in [2.75, 3.05) is 4.90 Å². The highest BCUT2D eigenvalue weighted by molar-refractivity contribution is 6.32. The van der Waals surface area contributed by atoms with E-state index in [9.17, 15) is 27.2 Å². The Morgan fingerprint density at radius 2 is 1.80 bits per heavy atom. The number of ether oxygens (including phenoxy) is 1. The Morgan fingerprint density at radius 1 is 1.17 bits per heavy atom. The van der Waals surface area contributed by atoms with Crippen LogP contribution >= 0.6 is 11.6 Å². The lowest BCUT2D eigenvalue weighted by Gasteiger charge is -2.41. The molecule has 1 fully saturated rings. The summed E-state index contributed by atoms with van der Waals surface area (Å²) < 4.78 is 70.6. The maximum atomic E-state index is 15.1. The molecule has 2 atom stereocenters. The van der Waals surface area contributed by atoms with Crippen molar-refractivity contribution in [2.45, 2.75) is 62.6 Å². The topological polar surface area (TPSA) is 84.4 Å². The van der Waals surface area contributed by atoms with Gasteiger partial charge in [0, 0.05) is 30.1 Å². The Labute approximate surface area is 202 Å². The van der Waals surface area contributed by atoms with E-state index in [0.717, 1.165) is 37.7 Å². The van der Waals surface area contributed by atoms with Gasteiger partial charge in [-0.3, -0.25) is 14.5 Å². The number of alkyl halides is 5. The predicted molar refractivity (Wildman–Crippen MR) is 116 cm³/mol. The molecule has 0 radical (unpaired) electrons. The van der Waals surface area contributed by atoms with Crippen molar-refractivity contribution in [3.05, 3.63) is 48.3 Å². The third-order valence-corrected chi connectivity index (χ3v) is 5.94. The van der Waals surface area contributed by atoms with Crippen LogP contribution in [-0.2, 0) is 15.1 Å². The first-order chi connectivity index (χ1) is 16.4. The van der Waals surface area contributed by atoms with Gasteiger partial charge in [-0.1, -0.05) is 30.9 Å². The maximum absolute atomic E-state index is 15.1. The fourth-order valence-electron chi connectivity index (χ4n) is 4.03. The lowest BCUT2D eigenvalue weighted by atomic mass is 9.88. The molecule has 1 aliphatic carbocycles. The van der Waals surface area contributed by atoms with E-state index in [1.807, 2.05) is 0 Å². The summed E-state index contributed by atoms with van der Waals surface area (Å²) in [5.74, 6) is -4.60. The number of nitrogens with zero attached hydrogens (tertiary/aromatic N) is 3. The van der Waals surface area contributed by atoms with E-state index in [2.05, 4.69) is 20.0 Å². The molecule has 0 saturated heterocycles. The zero-order valence-electron chi connectivity index (χ0n) is 18.5. The largest absolute Gasteiger partial charge is 0.573 e. The number of halogens is 6. The summed E-state index contributed by atoms with van der Waals surface area (Å²) in [6.45, 7) is 1.22. The number of hydrogen-bond acceptors (Lipinski definition) is 5. The Balaban J connectivity index is 2.13. The van der Waals surface area contributed by atoms with E-state index in [1.54, 1.807) is 0 Å². The molecule has 13 heteroatoms. The highest BCUT2D eigenvalue weighted by Crippen LogP contribution is 2.38. The van der Waals surface area contributed by atoms with E-state index in [4.69, 9.17) is 11.6 Å². The van der Waals surface area contributed by atoms with E-state index in [0.29, 0.717) is 23.8 Å². The van der Waals surface area contributed by atoms with Crippen LogP contribution in [0.1, 0.15) is 44.6 Å². The Hall–Kier alpha value is -3.02. The first-order valence-corrected chi connectivity index (χ1v) is 11.1. The number of amides is 2. The first-order valence-electron chi connectivity index (χ1n) is 10.7. The highest BCUT2D eigenvalue weighted by atomic mass is 35.5. The molecule has 35 heavy (non-hydrogen) atoms. The third kappa shape index (κ3) is 6.16. The highest BCUT2D eigenvalue weighted by Gasteiger charge is 2.48. The van der Waals surface area contributed by atoms with Crippen LogP contribution in [0.2, 0.25) is 0 Å². The molecule has 0 spiro atoms. The summed E-state index contributed by atoms with van der Waals surface area (Å²) in [6.07, 6.45) is 2.49. The minimum Gasteiger partial charge on any atom is -0.406 e. The molecular weight excluding hydrogens is 499 g/mol. The SMILES string of the molecule is C[C@@](C(=O)NC1CCCCC1)(c1cncnc1)N(C(=O)[C@H](F)Cl)c1ccc(OC(F)(F)F)cc1F. The maximum Gasteiger partial charge on any atom is 0.573 e. The molecule has 1 heterocycles. The van der Waals surface area contributed by atoms with Crippen LogP contribution in [0.4, 0.5) is 27.6 Å². The molecule has 1 saturated carbocycles. The van der Waals surface area contributed by atoms with Crippen molar-refractivity contribution >= 4 is 29.1 Å². The zero-order valence-corrected chi connectivity index (χ0v) is 19.2. The average molecular weight is 521 g/mol. The van der Waals surface area contributed by atoms with Gasteiger partial charge in [-0.05, 0) is 31.9 Å². The standard InChI is InChI=1S/C22H22ClF5N4O3/c1-21(13-10-29-12-30-11-13,20(34)31-14-5-3-2-4-6-14)32(19(33)18(23)25)17-8-7-15(9-16(17)24)35-22(26,27)28/h7-12,14,18H,2-6H2,1H3,(H,31,34)/t18-,21-/m0/s1. The molecule has 1 aromatic heterocycles. The molecule has 190 valence electrons. The number of anilines is 1. The van der Waals surface area contributed by atoms with Gasteiger partial charge in [0.05, 0.1) is 5.69 Å². The molecule has 2 amide bonds. The second-order valence-electron chi connectivity index (χ2n) is 8.14. The van der Waals surface area contributed by atoms with Gasteiger partial charge in [0.1, 0.15) is 12.1 Å². The van der Waals surface area contributed by atoms with Crippen LogP contribution < -0.4 is 15.0 Å². The molecule has 0 aliphatic heterocycles. The van der Waals surface area contributed by atoms with Gasteiger partial charge in [-0.2, -0.15) is 0 Å². The second-order valence-corrected chi connectivity index (χ2v) is 8.53. The van der Waals surface area contributed by atoms with Crippen LogP contribution in [-0.4, -0.2) is 39.8 Å². The van der Waals surface area contributed by atoms with E-state index in [1.165, 1.54) is 19.3 Å². The lowest BCUT2D eigenvalue weighted by molar-refractivity contribution is -0.274. The second kappa shape index (κ2) is 10.7. The van der Waals surface area contributed by atoms with Crippen molar-refractivity contribution in [3.8, 4) is 5.75 Å². The summed E-state index contributed by atoms with van der Waals surface area (Å²) in [5.41, 5.74) is -5.53. The molecule has 1 N–H and O–H groups in total. The number of carbonyl (C=O) groups is 2. The van der Waals surface area contributed by atoms with Crippen molar-refractivity contribution < 1.29 is 36.3 Å². The molecule has 1 aliphatic rings. The van der Waals surface area contributed by atoms with E-state index >= 15 is 4.39 Å². The van der Waals surface area contributed by atoms with Gasteiger partial charge in [-0.15, -0.1) is 13.2 Å². The van der Waals surface area contributed by atoms with Crippen molar-refractivity contribution in [1.29, 1.82) is 0 Å². The van der Waals surface area contributed by atoms with Crippen molar-refractivity contribution in [2.24, 2.45) is 0 Å². The number of benzene rings is 1. The summed E-state index contributed by atoms with van der Waals surface area (Å²) in [5, 5.41) is 2.81. The first kappa shape index (κ1) is 26.6. The van der Waals surface area contributed by atoms with Gasteiger partial charge in [0.25, 0.3) is 17.4 Å². The van der Waals surface area contributed by atoms with Gasteiger partial charge in [0.15, 0.2) is 11.4 Å². The van der Waals surface area contributed by atoms with Crippen LogP contribution in [0.5, 0.6) is 5.75 Å². The molecular formula is C22H22ClF5N4O3. The molecule has 2 aromatic rings. The minimum absolute atomic E-state index is 0.00556. The molecule has 1 aromatic carbocycles. The summed E-state index contributed by atoms with van der Waals surface area (Å²) >= 11 is 5.42. The Morgan fingerprint density at radius 3 is 2.34 bits per heavy atom. The third-order valence-electron chi connectivity index (χ3n) is 5.75. The molecule has 0 unspecified atom stereocenters. The van der Waals surface area contributed by atoms with Gasteiger partial charge >= 0.3 is 6.36 Å². The Kier molecular flexibility index (Phi) is 8.14. The number of aromatic nitrogens is 2. The number of rotatable bonds is 7. The van der Waals surface area contributed by atoms with Gasteiger partial charge in [0.2, 0.25) is 0 Å². The van der Waals surface area contributed by atoms with Gasteiger partial charge < -0.3 is 10.1 Å². The van der Waals surface area contributed by atoms with Crippen molar-refractivity contribution in [3.63, 3.8) is 0 Å². The molecule has 7 nitrogen and oxygen atoms in total. The van der Waals surface area contributed by atoms with E-state index < -0.39 is 46.6 Å². The zero-order chi connectivity index (χ0) is 25.8. The van der Waals surface area contributed by atoms with Crippen molar-refractivity contribution in [1.82, 2.24) is 15.3 Å². The summed E-state index contributed by atoms with van der Waals surface area (Å²) in [6, 6.07) is 1.62. The minimum atomic E-state index is -5.10. The normalized spacial score (nSPS) is 17.2. The average Bonchev–Trinajstić information content (AvgIpc) is 2.80. The van der Waals surface area contributed by atoms with Crippen LogP contribution in [0.3, 0.4) is 0 Å². The van der Waals surface area contributed by atoms with Crippen LogP contribution in [0, 0.1) is 5.82 Å². The quantitative estimate of drug-likeness (QED) is 0.421. The lowest BCUT2D eigenvalue weighted by Crippen LogP contribution is -2.60. The van der Waals surface area contributed by atoms with Crippen LogP contribution in [0.15, 0.2) is 36.9 Å². The van der Waals surface area contributed by atoms with Crippen LogP contribution in [0.25, 0.3) is 0 Å². The Bertz CT molecular complexity index is 1050. The monoisotopic (exact) mass is 520 g/mol. The number of hydrogen-bond donors (Lipinski definition) is 1. The number of nitrogens with one attached hydrogen (secondary N) is 1. The number of carbonyl (C=O) groups excluding carboxylic acids is 2.